The monoisotopic (exact) mass is 361 g/mol. The molecule has 0 unspecified atom stereocenters. The van der Waals surface area contributed by atoms with Gasteiger partial charge in [-0.05, 0) is 0 Å². The van der Waals surface area contributed by atoms with Gasteiger partial charge in [-0.1, -0.05) is 0 Å². The van der Waals surface area contributed by atoms with Crippen molar-refractivity contribution in [3.8, 4) is 0 Å². The summed E-state index contributed by atoms with van der Waals surface area (Å²) < 4.78 is 15.1. The minimum absolute atomic E-state index is 0.109. The number of nitrogens with zero attached hydrogens (tertiary/aromatic N) is 1. The Hall–Kier alpha value is -1.79. The van der Waals surface area contributed by atoms with Gasteiger partial charge in [-0.25, -0.2) is 9.55 Å². The van der Waals surface area contributed by atoms with E-state index in [1.807, 2.05) is 0 Å². The van der Waals surface area contributed by atoms with Crippen LogP contribution in [0.25, 0.3) is 11.0 Å². The number of aromatic nitrogens is 3. The molecule has 132 valence electrons. The Bertz CT molecular complexity index is 860. The second kappa shape index (κ2) is 5.93. The Morgan fingerprint density at radius 2 is 2.04 bits per heavy atom. The third-order valence-electron chi connectivity index (χ3n) is 3.84. The summed E-state index contributed by atoms with van der Waals surface area (Å²) in [6.07, 6.45) is -1.21. The normalized spacial score (nSPS) is 27.8. The summed E-state index contributed by atoms with van der Waals surface area (Å²) in [4.78, 5) is 38.3. The third kappa shape index (κ3) is 3.08. The zero-order valence-electron chi connectivity index (χ0n) is 12.1. The first-order valence-corrected chi connectivity index (χ1v) is 8.39. The lowest BCUT2D eigenvalue weighted by Crippen LogP contribution is -2.36. The van der Waals surface area contributed by atoms with Gasteiger partial charge < -0.3 is 36.0 Å². The van der Waals surface area contributed by atoms with E-state index in [0.29, 0.717) is 5.56 Å². The molecule has 1 fully saturated rings. The van der Waals surface area contributed by atoms with E-state index >= 15 is 0 Å². The van der Waals surface area contributed by atoms with Gasteiger partial charge in [-0.15, -0.1) is 0 Å². The Morgan fingerprint density at radius 3 is 2.71 bits per heavy atom. The molecule has 0 bridgehead atoms. The van der Waals surface area contributed by atoms with Crippen LogP contribution in [0, 0.1) is 0 Å². The number of hydrogen-bond acceptors (Lipinski definition) is 8. The number of nitrogens with one attached hydrogen (secondary N) is 3. The van der Waals surface area contributed by atoms with E-state index in [9.17, 15) is 19.6 Å². The lowest BCUT2D eigenvalue weighted by atomic mass is 10.0. The van der Waals surface area contributed by atoms with Crippen molar-refractivity contribution in [3.05, 3.63) is 22.1 Å². The van der Waals surface area contributed by atoms with Crippen molar-refractivity contribution in [1.82, 2.24) is 20.3 Å². The predicted octanol–water partition coefficient (Wildman–Crippen LogP) is -2.32. The maximum Gasteiger partial charge on any atom is 0.469 e. The minimum atomic E-state index is -4.71. The van der Waals surface area contributed by atoms with Gasteiger partial charge in [0.05, 0.1) is 24.8 Å². The molecule has 0 spiro atoms. The number of nitrogens with two attached hydrogens (primary N) is 1. The van der Waals surface area contributed by atoms with Crippen molar-refractivity contribution in [2.75, 3.05) is 12.3 Å². The molecule has 4 atom stereocenters. The summed E-state index contributed by atoms with van der Waals surface area (Å²) in [5.74, 6) is -0.109. The number of aromatic amines is 2. The first-order chi connectivity index (χ1) is 11.2. The van der Waals surface area contributed by atoms with Gasteiger partial charge >= 0.3 is 7.82 Å². The molecule has 1 aliphatic heterocycles. The van der Waals surface area contributed by atoms with Crippen molar-refractivity contribution in [2.45, 2.75) is 24.3 Å². The summed E-state index contributed by atoms with van der Waals surface area (Å²) in [6.45, 7) is -0.516. The van der Waals surface area contributed by atoms with Crippen molar-refractivity contribution >= 4 is 24.8 Å². The number of nitrogen functional groups attached to an aromatic ring is 1. The van der Waals surface area contributed by atoms with E-state index in [1.165, 1.54) is 6.20 Å². The largest absolute Gasteiger partial charge is 0.469 e. The Kier molecular flexibility index (Phi) is 4.21. The van der Waals surface area contributed by atoms with Crippen LogP contribution in [0.3, 0.4) is 0 Å². The lowest BCUT2D eigenvalue weighted by Gasteiger charge is -2.15. The Morgan fingerprint density at radius 1 is 1.33 bits per heavy atom. The Labute approximate surface area is 133 Å². The van der Waals surface area contributed by atoms with E-state index < -0.39 is 44.3 Å². The second-order valence-corrected chi connectivity index (χ2v) is 6.68. The van der Waals surface area contributed by atoms with Gasteiger partial charge in [0.25, 0.3) is 5.56 Å². The number of hydrogen-bond donors (Lipinski definition) is 8. The molecule has 1 aliphatic rings. The van der Waals surface area contributed by atoms with Crippen molar-refractivity contribution in [2.24, 2.45) is 0 Å². The van der Waals surface area contributed by atoms with Crippen LogP contribution in [0.5, 0.6) is 0 Å². The van der Waals surface area contributed by atoms with Crippen LogP contribution in [0.2, 0.25) is 0 Å². The highest BCUT2D eigenvalue weighted by atomic mass is 31.2. The second-order valence-electron chi connectivity index (χ2n) is 5.44. The first kappa shape index (κ1) is 17.0. The van der Waals surface area contributed by atoms with Crippen LogP contribution in [-0.4, -0.2) is 59.8 Å². The molecule has 13 heteroatoms. The molecule has 24 heavy (non-hydrogen) atoms. The molecule has 0 amide bonds. The third-order valence-corrected chi connectivity index (χ3v) is 4.32. The van der Waals surface area contributed by atoms with Crippen LogP contribution in [0.1, 0.15) is 11.6 Å². The number of rotatable bonds is 4. The van der Waals surface area contributed by atoms with Gasteiger partial charge in [-0.2, -0.15) is 0 Å². The van der Waals surface area contributed by atoms with Gasteiger partial charge in [0.2, 0.25) is 5.95 Å². The number of fused-ring (bicyclic) bond motifs is 1. The molecular formula is C11H16N5O7P. The van der Waals surface area contributed by atoms with E-state index in [1.54, 1.807) is 0 Å². The molecule has 0 aliphatic carbocycles. The fourth-order valence-electron chi connectivity index (χ4n) is 2.75. The molecule has 9 N–H and O–H groups in total. The fourth-order valence-corrected chi connectivity index (χ4v) is 3.10. The Balaban J connectivity index is 1.90. The molecule has 0 saturated carbocycles. The van der Waals surface area contributed by atoms with Crippen molar-refractivity contribution < 1.29 is 29.1 Å². The van der Waals surface area contributed by atoms with E-state index in [4.69, 9.17) is 15.5 Å². The van der Waals surface area contributed by atoms with Crippen molar-refractivity contribution in [3.63, 3.8) is 0 Å². The molecule has 3 heterocycles. The number of H-pyrrole nitrogens is 2. The number of anilines is 1. The average Bonchev–Trinajstić information content (AvgIpc) is 3.00. The molecule has 0 radical (unpaired) electrons. The quantitative estimate of drug-likeness (QED) is 0.273. The van der Waals surface area contributed by atoms with Crippen LogP contribution >= 0.6 is 7.82 Å². The van der Waals surface area contributed by atoms with Crippen molar-refractivity contribution in [1.29, 1.82) is 0 Å². The van der Waals surface area contributed by atoms with E-state index in [0.717, 1.165) is 0 Å². The van der Waals surface area contributed by atoms with E-state index in [-0.39, 0.29) is 17.0 Å². The minimum Gasteiger partial charge on any atom is -0.389 e. The maximum absolute atomic E-state index is 11.8. The highest BCUT2D eigenvalue weighted by Crippen LogP contribution is 2.38. The SMILES string of the molecule is Nc1nc2c([C@@H]3N[C@H](COP(=O)(O)O)[C@H](O)[C@@H]3O)c[nH]c2c(=O)[nH]1. The standard InChI is InChI=1S/C11H16N5O7P/c12-11-15-5-3(1-13-7(5)10(19)16-11)6-9(18)8(17)4(14-6)2-23-24(20,21)22/h1,4,6,8-9,13-14,17-18H,2H2,(H2,20,21,22)(H3,12,15,16,19)/t4-,6+,8+,9-/m1/s1. The number of phosphoric acid groups is 1. The fraction of sp³-hybridized carbons (Fsp3) is 0.455. The highest BCUT2D eigenvalue weighted by Gasteiger charge is 2.43. The summed E-state index contributed by atoms with van der Waals surface area (Å²) >= 11 is 0. The summed E-state index contributed by atoms with van der Waals surface area (Å²) in [6, 6.07) is -1.77. The predicted molar refractivity (Wildman–Crippen MR) is 80.8 cm³/mol. The van der Waals surface area contributed by atoms with E-state index in [2.05, 4.69) is 24.8 Å². The maximum atomic E-state index is 11.8. The topological polar surface area (TPSA) is 207 Å². The molecule has 2 aromatic heterocycles. The zero-order valence-corrected chi connectivity index (χ0v) is 13.0. The molecule has 3 rings (SSSR count). The van der Waals surface area contributed by atoms with Gasteiger partial charge in [-0.3, -0.25) is 14.3 Å². The van der Waals surface area contributed by atoms with Crippen LogP contribution < -0.4 is 16.6 Å². The summed E-state index contributed by atoms with van der Waals surface area (Å²) in [7, 11) is -4.71. The van der Waals surface area contributed by atoms with Crippen LogP contribution in [-0.2, 0) is 9.09 Å². The zero-order chi connectivity index (χ0) is 17.6. The number of aliphatic hydroxyl groups excluding tert-OH is 2. The van der Waals surface area contributed by atoms with Gasteiger partial charge in [0.1, 0.15) is 17.1 Å². The van der Waals surface area contributed by atoms with Crippen LogP contribution in [0.15, 0.2) is 11.0 Å². The van der Waals surface area contributed by atoms with Gasteiger partial charge in [0, 0.05) is 11.8 Å². The summed E-state index contributed by atoms with van der Waals surface area (Å²) in [5.41, 5.74) is 5.78. The lowest BCUT2D eigenvalue weighted by molar-refractivity contribution is 0.0192. The average molecular weight is 361 g/mol. The molecule has 2 aromatic rings. The summed E-state index contributed by atoms with van der Waals surface area (Å²) in [5, 5.41) is 23.1. The molecular weight excluding hydrogens is 345 g/mol. The number of phosphoric ester groups is 1. The first-order valence-electron chi connectivity index (χ1n) is 6.86. The number of aliphatic hydroxyl groups is 2. The van der Waals surface area contributed by atoms with Crippen LogP contribution in [0.4, 0.5) is 5.95 Å². The molecule has 12 nitrogen and oxygen atoms in total. The molecule has 1 saturated heterocycles. The molecule has 0 aromatic carbocycles. The van der Waals surface area contributed by atoms with Gasteiger partial charge in [0.15, 0.2) is 0 Å². The smallest absolute Gasteiger partial charge is 0.389 e. The highest BCUT2D eigenvalue weighted by molar-refractivity contribution is 7.46.